The van der Waals surface area contributed by atoms with Crippen LogP contribution in [0.3, 0.4) is 0 Å². The summed E-state index contributed by atoms with van der Waals surface area (Å²) in [6, 6.07) is 10.6. The van der Waals surface area contributed by atoms with E-state index in [1.807, 2.05) is 18.7 Å². The van der Waals surface area contributed by atoms with Crippen molar-refractivity contribution in [1.82, 2.24) is 14.9 Å². The number of likely N-dealkylation sites (tertiary alicyclic amines) is 1. The summed E-state index contributed by atoms with van der Waals surface area (Å²) >= 11 is 0. The fourth-order valence-electron chi connectivity index (χ4n) is 4.39. The van der Waals surface area contributed by atoms with E-state index >= 15 is 0 Å². The highest BCUT2D eigenvalue weighted by Crippen LogP contribution is 2.32. The number of aryl methyl sites for hydroxylation is 1. The number of fused-ring (bicyclic) bond motifs is 1. The zero-order chi connectivity index (χ0) is 19.7. The maximum atomic E-state index is 12.4. The number of carbonyl (C=O) groups is 1. The topological polar surface area (TPSA) is 49.3 Å². The van der Waals surface area contributed by atoms with Crippen LogP contribution in [0.2, 0.25) is 0 Å². The molecule has 0 N–H and O–H groups in total. The summed E-state index contributed by atoms with van der Waals surface area (Å²) in [6.07, 6.45) is 3.15. The molecule has 2 aliphatic heterocycles. The van der Waals surface area contributed by atoms with Crippen LogP contribution in [-0.4, -0.2) is 40.4 Å². The van der Waals surface area contributed by atoms with Crippen LogP contribution < -0.4 is 4.90 Å². The molecular weight excluding hydrogens is 348 g/mol. The van der Waals surface area contributed by atoms with Crippen molar-refractivity contribution in [2.45, 2.75) is 52.5 Å². The number of rotatable bonds is 4. The van der Waals surface area contributed by atoms with Crippen LogP contribution >= 0.6 is 0 Å². The van der Waals surface area contributed by atoms with Gasteiger partial charge in [0, 0.05) is 49.3 Å². The van der Waals surface area contributed by atoms with Gasteiger partial charge in [-0.15, -0.1) is 0 Å². The third kappa shape index (κ3) is 3.75. The molecule has 28 heavy (non-hydrogen) atoms. The first-order chi connectivity index (χ1) is 13.5. The number of amides is 1. The molecular formula is C23H30N4O. The van der Waals surface area contributed by atoms with Crippen molar-refractivity contribution in [3.8, 4) is 0 Å². The van der Waals surface area contributed by atoms with Gasteiger partial charge in [-0.25, -0.2) is 9.97 Å². The Kier molecular flexibility index (Phi) is 5.33. The van der Waals surface area contributed by atoms with Crippen molar-refractivity contribution >= 4 is 11.7 Å². The van der Waals surface area contributed by atoms with E-state index in [1.54, 1.807) is 0 Å². The lowest BCUT2D eigenvalue weighted by Crippen LogP contribution is -2.33. The van der Waals surface area contributed by atoms with Crippen LogP contribution in [0.1, 0.15) is 55.3 Å². The Balaban J connectivity index is 1.59. The summed E-state index contributed by atoms with van der Waals surface area (Å²) in [5.74, 6) is 2.54. The maximum absolute atomic E-state index is 12.4. The second-order valence-corrected chi connectivity index (χ2v) is 8.40. The highest BCUT2D eigenvalue weighted by molar-refractivity contribution is 5.78. The Labute approximate surface area is 167 Å². The summed E-state index contributed by atoms with van der Waals surface area (Å²) in [6.45, 7) is 9.52. The van der Waals surface area contributed by atoms with Gasteiger partial charge in [-0.3, -0.25) is 4.79 Å². The summed E-state index contributed by atoms with van der Waals surface area (Å²) in [5, 5.41) is 0. The number of benzene rings is 1. The van der Waals surface area contributed by atoms with Crippen molar-refractivity contribution in [3.63, 3.8) is 0 Å². The Bertz CT molecular complexity index is 849. The molecule has 0 bridgehead atoms. The second-order valence-electron chi connectivity index (χ2n) is 8.40. The average molecular weight is 379 g/mol. The maximum Gasteiger partial charge on any atom is 0.225 e. The van der Waals surface area contributed by atoms with Crippen LogP contribution in [0.25, 0.3) is 0 Å². The number of hydrogen-bond donors (Lipinski definition) is 0. The van der Waals surface area contributed by atoms with Crippen LogP contribution in [-0.2, 0) is 17.8 Å². The van der Waals surface area contributed by atoms with Gasteiger partial charge >= 0.3 is 0 Å². The minimum absolute atomic E-state index is 0.0475. The molecule has 1 saturated heterocycles. The Morgan fingerprint density at radius 1 is 1.18 bits per heavy atom. The van der Waals surface area contributed by atoms with E-state index in [9.17, 15) is 4.79 Å². The van der Waals surface area contributed by atoms with Crippen LogP contribution in [0.5, 0.6) is 0 Å². The second kappa shape index (κ2) is 7.90. The van der Waals surface area contributed by atoms with E-state index < -0.39 is 0 Å². The van der Waals surface area contributed by atoms with E-state index in [0.29, 0.717) is 0 Å². The number of nitrogens with zero attached hydrogens (tertiary/aromatic N) is 4. The largest absolute Gasteiger partial charge is 0.352 e. The SMILES string of the molecule is Cc1nc(C2CCN(C(=O)C(C)C)C2)nc2c1CCCN2Cc1ccccc1. The number of aromatic nitrogens is 2. The first-order valence-corrected chi connectivity index (χ1v) is 10.5. The van der Waals surface area contributed by atoms with Gasteiger partial charge in [0.15, 0.2) is 0 Å². The van der Waals surface area contributed by atoms with Crippen molar-refractivity contribution in [1.29, 1.82) is 0 Å². The Hall–Kier alpha value is -2.43. The van der Waals surface area contributed by atoms with Crippen molar-refractivity contribution in [2.24, 2.45) is 5.92 Å². The molecule has 1 fully saturated rings. The summed E-state index contributed by atoms with van der Waals surface area (Å²) < 4.78 is 0. The molecule has 4 rings (SSSR count). The lowest BCUT2D eigenvalue weighted by atomic mass is 10.0. The fourth-order valence-corrected chi connectivity index (χ4v) is 4.39. The third-order valence-electron chi connectivity index (χ3n) is 5.94. The third-order valence-corrected chi connectivity index (χ3v) is 5.94. The monoisotopic (exact) mass is 378 g/mol. The molecule has 148 valence electrons. The summed E-state index contributed by atoms with van der Waals surface area (Å²) in [7, 11) is 0. The Morgan fingerprint density at radius 2 is 1.96 bits per heavy atom. The molecule has 1 unspecified atom stereocenters. The standard InChI is InChI=1S/C23H30N4O/c1-16(2)23(28)27-13-11-19(15-27)21-24-17(3)20-10-7-12-26(22(20)25-21)14-18-8-5-4-6-9-18/h4-6,8-9,16,19H,7,10-15H2,1-3H3. The van der Waals surface area contributed by atoms with Crippen molar-refractivity contribution in [3.05, 3.63) is 53.0 Å². The van der Waals surface area contributed by atoms with Crippen LogP contribution in [0, 0.1) is 12.8 Å². The molecule has 1 amide bonds. The van der Waals surface area contributed by atoms with E-state index in [2.05, 4.69) is 42.2 Å². The molecule has 1 aromatic heterocycles. The van der Waals surface area contributed by atoms with Gasteiger partial charge < -0.3 is 9.80 Å². The molecule has 1 atom stereocenters. The van der Waals surface area contributed by atoms with Gasteiger partial charge in [0.05, 0.1) is 0 Å². The van der Waals surface area contributed by atoms with E-state index in [4.69, 9.17) is 9.97 Å². The molecule has 0 radical (unpaired) electrons. The molecule has 1 aromatic carbocycles. The zero-order valence-electron chi connectivity index (χ0n) is 17.2. The van der Waals surface area contributed by atoms with Gasteiger partial charge in [0.1, 0.15) is 11.6 Å². The number of anilines is 1. The van der Waals surface area contributed by atoms with Crippen LogP contribution in [0.4, 0.5) is 5.82 Å². The van der Waals surface area contributed by atoms with Crippen LogP contribution in [0.15, 0.2) is 30.3 Å². The van der Waals surface area contributed by atoms with E-state index in [1.165, 1.54) is 11.1 Å². The molecule has 0 aliphatic carbocycles. The Morgan fingerprint density at radius 3 is 2.71 bits per heavy atom. The summed E-state index contributed by atoms with van der Waals surface area (Å²) in [4.78, 5) is 26.7. The molecule has 3 heterocycles. The predicted octanol–water partition coefficient (Wildman–Crippen LogP) is 3.71. The minimum atomic E-state index is 0.0475. The molecule has 0 saturated carbocycles. The first-order valence-electron chi connectivity index (χ1n) is 10.5. The zero-order valence-corrected chi connectivity index (χ0v) is 17.2. The molecule has 2 aliphatic rings. The highest BCUT2D eigenvalue weighted by atomic mass is 16.2. The number of hydrogen-bond acceptors (Lipinski definition) is 4. The van der Waals surface area contributed by atoms with Gasteiger partial charge in [-0.1, -0.05) is 44.2 Å². The fraction of sp³-hybridized carbons (Fsp3) is 0.522. The normalized spacial score (nSPS) is 19.2. The first kappa shape index (κ1) is 18.9. The van der Waals surface area contributed by atoms with Crippen molar-refractivity contribution < 1.29 is 4.79 Å². The minimum Gasteiger partial charge on any atom is -0.352 e. The summed E-state index contributed by atoms with van der Waals surface area (Å²) in [5.41, 5.74) is 3.70. The van der Waals surface area contributed by atoms with Gasteiger partial charge in [0.25, 0.3) is 0 Å². The molecule has 5 heteroatoms. The predicted molar refractivity (Wildman–Crippen MR) is 111 cm³/mol. The van der Waals surface area contributed by atoms with Gasteiger partial charge in [0.2, 0.25) is 5.91 Å². The quantitative estimate of drug-likeness (QED) is 0.814. The lowest BCUT2D eigenvalue weighted by Gasteiger charge is -2.31. The lowest BCUT2D eigenvalue weighted by molar-refractivity contribution is -0.133. The highest BCUT2D eigenvalue weighted by Gasteiger charge is 2.32. The average Bonchev–Trinajstić information content (AvgIpc) is 3.19. The molecule has 2 aromatic rings. The smallest absolute Gasteiger partial charge is 0.225 e. The van der Waals surface area contributed by atoms with Crippen molar-refractivity contribution in [2.75, 3.05) is 24.5 Å². The van der Waals surface area contributed by atoms with Gasteiger partial charge in [-0.05, 0) is 31.7 Å². The van der Waals surface area contributed by atoms with E-state index in [0.717, 1.165) is 62.8 Å². The van der Waals surface area contributed by atoms with Gasteiger partial charge in [-0.2, -0.15) is 0 Å². The number of carbonyl (C=O) groups excluding carboxylic acids is 1. The van der Waals surface area contributed by atoms with E-state index in [-0.39, 0.29) is 17.7 Å². The molecule has 0 spiro atoms. The molecule has 5 nitrogen and oxygen atoms in total.